The number of hydrogen-bond donors (Lipinski definition) is 0. The third-order valence-electron chi connectivity index (χ3n) is 8.74. The summed E-state index contributed by atoms with van der Waals surface area (Å²) in [5.41, 5.74) is 9.91. The quantitative estimate of drug-likeness (QED) is 0.166. The van der Waals surface area contributed by atoms with E-state index < -0.39 is 0 Å². The summed E-state index contributed by atoms with van der Waals surface area (Å²) in [5.74, 6) is 0. The molecule has 4 aromatic heterocycles. The monoisotopic (exact) mass is 667 g/mol. The smallest absolute Gasteiger partial charge is 0.136 e. The van der Waals surface area contributed by atoms with Crippen LogP contribution in [0.3, 0.4) is 0 Å². The molecule has 10 rings (SSSR count). The number of hydrogen-bond acceptors (Lipinski definition) is 11. The van der Waals surface area contributed by atoms with Crippen LogP contribution in [0.25, 0.3) is 77.3 Å². The van der Waals surface area contributed by atoms with Crippen LogP contribution < -0.4 is 4.90 Å². The van der Waals surface area contributed by atoms with Gasteiger partial charge in [0.2, 0.25) is 0 Å². The lowest BCUT2D eigenvalue weighted by atomic mass is 9.90. The van der Waals surface area contributed by atoms with Gasteiger partial charge in [-0.3, -0.25) is 9.97 Å². The fourth-order valence-electron chi connectivity index (χ4n) is 6.70. The van der Waals surface area contributed by atoms with Crippen LogP contribution in [0.2, 0.25) is 0 Å². The average molecular weight is 668 g/mol. The Labute approximate surface area is 286 Å². The SMILES string of the molecule is c1ccc(N(c2ccccc2)c2c3ccccc3c(-c3nc4c5nsnc5c5nsnc5c4nc3-c3cnccn3)c3ccccc23)cc1. The minimum Gasteiger partial charge on any atom is -0.309 e. The molecule has 0 fully saturated rings. The van der Waals surface area contributed by atoms with E-state index in [0.717, 1.165) is 67.6 Å². The van der Waals surface area contributed by atoms with Gasteiger partial charge in [0.05, 0.1) is 35.3 Å². The van der Waals surface area contributed by atoms with E-state index >= 15 is 0 Å². The van der Waals surface area contributed by atoms with Gasteiger partial charge >= 0.3 is 0 Å². The molecule has 11 heteroatoms. The Morgan fingerprint density at radius 2 is 0.918 bits per heavy atom. The molecule has 0 aliphatic carbocycles. The fourth-order valence-corrected chi connectivity index (χ4v) is 7.80. The van der Waals surface area contributed by atoms with E-state index in [1.165, 1.54) is 0 Å². The second-order valence-corrected chi connectivity index (χ2v) is 12.5. The number of anilines is 3. The van der Waals surface area contributed by atoms with Crippen LogP contribution in [0.15, 0.2) is 128 Å². The number of nitrogens with zero attached hydrogens (tertiary/aromatic N) is 9. The molecule has 0 saturated heterocycles. The lowest BCUT2D eigenvalue weighted by molar-refractivity contribution is 1.18. The predicted molar refractivity (Wildman–Crippen MR) is 198 cm³/mol. The standard InChI is InChI=1S/C38H21N9S2/c1-3-11-22(12-4-1)47(23-13-5-2-6-14-23)38-26-17-9-7-15-24(26)29(25-16-8-10-18-27(25)38)31-30(28-21-39-19-20-40-28)41-32-33(42-31)35-37(46-49-44-35)36-34(32)43-48-45-36/h1-21H. The van der Waals surface area contributed by atoms with Gasteiger partial charge in [-0.15, -0.1) is 0 Å². The average Bonchev–Trinajstić information content (AvgIpc) is 3.87. The Kier molecular flexibility index (Phi) is 6.32. The van der Waals surface area contributed by atoms with Gasteiger partial charge < -0.3 is 4.90 Å². The number of para-hydroxylation sites is 2. The summed E-state index contributed by atoms with van der Waals surface area (Å²) in [6.45, 7) is 0. The summed E-state index contributed by atoms with van der Waals surface area (Å²) in [6, 6.07) is 38.0. The second-order valence-electron chi connectivity index (χ2n) is 11.5. The lowest BCUT2D eigenvalue weighted by Crippen LogP contribution is -2.11. The normalized spacial score (nSPS) is 11.7. The molecule has 0 bridgehead atoms. The molecule has 10 aromatic rings. The first-order valence-corrected chi connectivity index (χ1v) is 17.0. The van der Waals surface area contributed by atoms with Crippen LogP contribution in [0.5, 0.6) is 0 Å². The van der Waals surface area contributed by atoms with Gasteiger partial charge in [-0.2, -0.15) is 17.5 Å². The third-order valence-corrected chi connectivity index (χ3v) is 9.80. The van der Waals surface area contributed by atoms with E-state index in [2.05, 4.69) is 124 Å². The zero-order chi connectivity index (χ0) is 32.3. The highest BCUT2D eigenvalue weighted by molar-refractivity contribution is 7.01. The Hall–Kier alpha value is -6.30. The van der Waals surface area contributed by atoms with Crippen LogP contribution in [-0.2, 0) is 0 Å². The van der Waals surface area contributed by atoms with Gasteiger partial charge in [-0.05, 0) is 35.0 Å². The van der Waals surface area contributed by atoms with Crippen molar-refractivity contribution in [2.45, 2.75) is 0 Å². The Morgan fingerprint density at radius 1 is 0.449 bits per heavy atom. The molecule has 0 spiro atoms. The molecule has 0 amide bonds. The van der Waals surface area contributed by atoms with Crippen molar-refractivity contribution in [1.82, 2.24) is 37.4 Å². The van der Waals surface area contributed by atoms with Gasteiger partial charge in [-0.25, -0.2) is 9.97 Å². The van der Waals surface area contributed by atoms with Crippen LogP contribution in [0.1, 0.15) is 0 Å². The van der Waals surface area contributed by atoms with Crippen molar-refractivity contribution < 1.29 is 0 Å². The van der Waals surface area contributed by atoms with E-state index in [-0.39, 0.29) is 0 Å². The molecule has 0 aliphatic heterocycles. The van der Waals surface area contributed by atoms with Gasteiger partial charge in [0.25, 0.3) is 0 Å². The second kappa shape index (κ2) is 11.2. The van der Waals surface area contributed by atoms with Crippen molar-refractivity contribution in [3.05, 3.63) is 128 Å². The summed E-state index contributed by atoms with van der Waals surface area (Å²) in [5, 5.41) is 4.18. The van der Waals surface area contributed by atoms with E-state index in [0.29, 0.717) is 50.2 Å². The molecule has 0 aliphatic rings. The zero-order valence-electron chi connectivity index (χ0n) is 25.5. The summed E-state index contributed by atoms with van der Waals surface area (Å²) >= 11 is 2.26. The van der Waals surface area contributed by atoms with Crippen molar-refractivity contribution in [2.24, 2.45) is 0 Å². The summed E-state index contributed by atoms with van der Waals surface area (Å²) in [7, 11) is 0. The van der Waals surface area contributed by atoms with Crippen LogP contribution in [0.4, 0.5) is 17.1 Å². The minimum atomic E-state index is 0.600. The van der Waals surface area contributed by atoms with Gasteiger partial charge in [0, 0.05) is 40.1 Å². The van der Waals surface area contributed by atoms with Crippen LogP contribution in [-0.4, -0.2) is 37.4 Å². The van der Waals surface area contributed by atoms with Crippen molar-refractivity contribution in [2.75, 3.05) is 4.90 Å². The Bertz CT molecular complexity index is 2740. The highest BCUT2D eigenvalue weighted by atomic mass is 32.1. The summed E-state index contributed by atoms with van der Waals surface area (Å²) < 4.78 is 18.4. The molecule has 9 nitrogen and oxygen atoms in total. The van der Waals surface area contributed by atoms with E-state index in [1.54, 1.807) is 18.6 Å². The molecule has 0 atom stereocenters. The highest BCUT2D eigenvalue weighted by Gasteiger charge is 2.27. The van der Waals surface area contributed by atoms with Crippen molar-refractivity contribution in [1.29, 1.82) is 0 Å². The van der Waals surface area contributed by atoms with Crippen molar-refractivity contribution >= 4 is 95.2 Å². The first-order valence-electron chi connectivity index (χ1n) is 15.5. The van der Waals surface area contributed by atoms with E-state index in [4.69, 9.17) is 15.0 Å². The van der Waals surface area contributed by atoms with Crippen molar-refractivity contribution in [3.8, 4) is 22.6 Å². The molecule has 4 heterocycles. The molecule has 6 aromatic carbocycles. The molecule has 0 saturated carbocycles. The highest BCUT2D eigenvalue weighted by Crippen LogP contribution is 2.49. The number of rotatable bonds is 5. The minimum absolute atomic E-state index is 0.600. The molecule has 230 valence electrons. The Morgan fingerprint density at radius 3 is 1.43 bits per heavy atom. The Balaban J connectivity index is 1.38. The molecule has 0 radical (unpaired) electrons. The summed E-state index contributed by atoms with van der Waals surface area (Å²) in [6.07, 6.45) is 5.06. The maximum Gasteiger partial charge on any atom is 0.136 e. The van der Waals surface area contributed by atoms with E-state index in [9.17, 15) is 0 Å². The zero-order valence-corrected chi connectivity index (χ0v) is 27.1. The predicted octanol–water partition coefficient (Wildman–Crippen LogP) is 9.54. The maximum absolute atomic E-state index is 5.44. The van der Waals surface area contributed by atoms with Crippen LogP contribution >= 0.6 is 23.5 Å². The van der Waals surface area contributed by atoms with Gasteiger partial charge in [0.1, 0.15) is 50.2 Å². The topological polar surface area (TPSA) is 106 Å². The summed E-state index contributed by atoms with van der Waals surface area (Å²) in [4.78, 5) is 22.2. The molecular formula is C38H21N9S2. The van der Waals surface area contributed by atoms with Crippen molar-refractivity contribution in [3.63, 3.8) is 0 Å². The first kappa shape index (κ1) is 27.8. The molecule has 0 N–H and O–H groups in total. The third kappa shape index (κ3) is 4.30. The fraction of sp³-hybridized carbons (Fsp3) is 0. The maximum atomic E-state index is 5.44. The number of aromatic nitrogens is 8. The molecule has 0 unspecified atom stereocenters. The number of fused-ring (bicyclic) bond motifs is 8. The van der Waals surface area contributed by atoms with Crippen LogP contribution in [0, 0.1) is 0 Å². The lowest BCUT2D eigenvalue weighted by Gasteiger charge is -2.29. The molecular weight excluding hydrogens is 647 g/mol. The number of benzene rings is 6. The largest absolute Gasteiger partial charge is 0.309 e. The van der Waals surface area contributed by atoms with E-state index in [1.807, 2.05) is 12.1 Å². The molecule has 49 heavy (non-hydrogen) atoms. The first-order chi connectivity index (χ1) is 24.3. The van der Waals surface area contributed by atoms with Gasteiger partial charge in [-0.1, -0.05) is 84.9 Å². The van der Waals surface area contributed by atoms with Gasteiger partial charge in [0.15, 0.2) is 0 Å².